The molecule has 0 unspecified atom stereocenters. The lowest BCUT2D eigenvalue weighted by atomic mass is 9.90. The Bertz CT molecular complexity index is 474. The van der Waals surface area contributed by atoms with Crippen molar-refractivity contribution in [2.24, 2.45) is 0 Å². The summed E-state index contributed by atoms with van der Waals surface area (Å²) in [7, 11) is 0. The molecule has 1 amide bonds. The number of carbonyl (C=O) groups excluding carboxylic acids is 1. The minimum absolute atomic E-state index is 0.303. The van der Waals surface area contributed by atoms with Gasteiger partial charge in [0.05, 0.1) is 17.4 Å². The van der Waals surface area contributed by atoms with Gasteiger partial charge in [0.25, 0.3) is 0 Å². The van der Waals surface area contributed by atoms with Crippen LogP contribution in [0.25, 0.3) is 0 Å². The summed E-state index contributed by atoms with van der Waals surface area (Å²) >= 11 is 7.31. The minimum atomic E-state index is -0.856. The third-order valence-corrected chi connectivity index (χ3v) is 3.99. The van der Waals surface area contributed by atoms with Crippen LogP contribution < -0.4 is 0 Å². The number of β-amino-alcohol motifs (C(OH)–C–C–N with tert-alkyl or cyclic N) is 1. The highest BCUT2D eigenvalue weighted by molar-refractivity contribution is 7.16. The Balaban J connectivity index is 1.86. The summed E-state index contributed by atoms with van der Waals surface area (Å²) in [6.07, 6.45) is 0.144. The molecule has 19 heavy (non-hydrogen) atoms. The third kappa shape index (κ3) is 3.84. The summed E-state index contributed by atoms with van der Waals surface area (Å²) in [4.78, 5) is 14.3. The molecule has 1 fully saturated rings. The van der Waals surface area contributed by atoms with Crippen LogP contribution >= 0.6 is 22.9 Å². The quantitative estimate of drug-likeness (QED) is 0.914. The van der Waals surface area contributed by atoms with Crippen molar-refractivity contribution in [3.63, 3.8) is 0 Å². The summed E-state index contributed by atoms with van der Waals surface area (Å²) in [6, 6.07) is 3.72. The first-order chi connectivity index (χ1) is 8.67. The lowest BCUT2D eigenvalue weighted by Gasteiger charge is -2.46. The van der Waals surface area contributed by atoms with Gasteiger partial charge in [-0.3, -0.25) is 0 Å². The Hall–Kier alpha value is -0.780. The fourth-order valence-electron chi connectivity index (χ4n) is 2.00. The predicted octanol–water partition coefficient (Wildman–Crippen LogP) is 2.93. The highest BCUT2D eigenvalue weighted by Crippen LogP contribution is 2.31. The van der Waals surface area contributed by atoms with E-state index < -0.39 is 11.2 Å². The van der Waals surface area contributed by atoms with E-state index in [1.165, 1.54) is 16.2 Å². The van der Waals surface area contributed by atoms with Crippen molar-refractivity contribution in [3.8, 4) is 0 Å². The first kappa shape index (κ1) is 14.6. The van der Waals surface area contributed by atoms with Crippen LogP contribution in [0.15, 0.2) is 12.1 Å². The van der Waals surface area contributed by atoms with E-state index in [0.717, 1.165) is 4.88 Å². The minimum Gasteiger partial charge on any atom is -0.444 e. The predicted molar refractivity (Wildman–Crippen MR) is 75.8 cm³/mol. The van der Waals surface area contributed by atoms with E-state index in [9.17, 15) is 9.90 Å². The molecule has 0 atom stereocenters. The molecule has 0 saturated carbocycles. The molecule has 106 valence electrons. The van der Waals surface area contributed by atoms with Crippen molar-refractivity contribution in [2.45, 2.75) is 38.4 Å². The average molecular weight is 304 g/mol. The standard InChI is InChI=1S/C13H18ClNO3S/c1-12(2,3)18-11(16)15-7-13(17,8-15)6-9-4-5-10(14)19-9/h4-5,17H,6-8H2,1-3H3. The van der Waals surface area contributed by atoms with Crippen LogP contribution in [0.4, 0.5) is 4.79 Å². The van der Waals surface area contributed by atoms with Gasteiger partial charge >= 0.3 is 6.09 Å². The van der Waals surface area contributed by atoms with Gasteiger partial charge in [-0.1, -0.05) is 11.6 Å². The maximum Gasteiger partial charge on any atom is 0.410 e. The number of likely N-dealkylation sites (tertiary alicyclic amines) is 1. The largest absolute Gasteiger partial charge is 0.444 e. The summed E-state index contributed by atoms with van der Waals surface area (Å²) in [5.41, 5.74) is -1.36. The van der Waals surface area contributed by atoms with Crippen LogP contribution in [0.2, 0.25) is 4.34 Å². The molecule has 6 heteroatoms. The second kappa shape index (κ2) is 4.96. The lowest BCUT2D eigenvalue weighted by Crippen LogP contribution is -2.65. The fraction of sp³-hybridized carbons (Fsp3) is 0.615. The number of ether oxygens (including phenoxy) is 1. The molecule has 1 aromatic heterocycles. The van der Waals surface area contributed by atoms with Crippen molar-refractivity contribution in [3.05, 3.63) is 21.3 Å². The first-order valence-corrected chi connectivity index (χ1v) is 7.31. The highest BCUT2D eigenvalue weighted by Gasteiger charge is 2.45. The van der Waals surface area contributed by atoms with Gasteiger partial charge < -0.3 is 14.7 Å². The maximum absolute atomic E-state index is 11.8. The van der Waals surface area contributed by atoms with E-state index in [-0.39, 0.29) is 6.09 Å². The number of rotatable bonds is 2. The molecule has 0 aliphatic carbocycles. The van der Waals surface area contributed by atoms with Gasteiger partial charge in [-0.15, -0.1) is 11.3 Å². The molecular formula is C13H18ClNO3S. The van der Waals surface area contributed by atoms with Gasteiger partial charge in [-0.05, 0) is 32.9 Å². The third-order valence-electron chi connectivity index (χ3n) is 2.75. The van der Waals surface area contributed by atoms with Crippen molar-refractivity contribution in [1.82, 2.24) is 4.90 Å². The molecule has 0 spiro atoms. The smallest absolute Gasteiger partial charge is 0.410 e. The molecule has 1 aliphatic heterocycles. The average Bonchev–Trinajstić information content (AvgIpc) is 2.57. The van der Waals surface area contributed by atoms with Gasteiger partial charge in [0.1, 0.15) is 11.2 Å². The summed E-state index contributed by atoms with van der Waals surface area (Å²) in [5.74, 6) is 0. The highest BCUT2D eigenvalue weighted by atomic mass is 35.5. The van der Waals surface area contributed by atoms with E-state index in [4.69, 9.17) is 16.3 Å². The second-order valence-electron chi connectivity index (χ2n) is 5.94. The molecule has 1 N–H and O–H groups in total. The monoisotopic (exact) mass is 303 g/mol. The van der Waals surface area contributed by atoms with Crippen LogP contribution in [-0.2, 0) is 11.2 Å². The molecule has 0 radical (unpaired) electrons. The van der Waals surface area contributed by atoms with Crippen molar-refractivity contribution in [1.29, 1.82) is 0 Å². The van der Waals surface area contributed by atoms with Gasteiger partial charge in [-0.2, -0.15) is 0 Å². The van der Waals surface area contributed by atoms with Gasteiger partial charge in [0.2, 0.25) is 0 Å². The molecule has 0 aromatic carbocycles. The first-order valence-electron chi connectivity index (χ1n) is 6.11. The number of aliphatic hydroxyl groups is 1. The lowest BCUT2D eigenvalue weighted by molar-refractivity contribution is -0.0969. The zero-order valence-corrected chi connectivity index (χ0v) is 12.8. The molecule has 2 rings (SSSR count). The number of thiophene rings is 1. The topological polar surface area (TPSA) is 49.8 Å². The summed E-state index contributed by atoms with van der Waals surface area (Å²) < 4.78 is 5.96. The molecule has 4 nitrogen and oxygen atoms in total. The Kier molecular flexibility index (Phi) is 3.82. The van der Waals surface area contributed by atoms with Crippen LogP contribution in [-0.4, -0.2) is 40.4 Å². The molecule has 1 saturated heterocycles. The van der Waals surface area contributed by atoms with Crippen molar-refractivity contribution >= 4 is 29.0 Å². The van der Waals surface area contributed by atoms with E-state index in [0.29, 0.717) is 23.8 Å². The van der Waals surface area contributed by atoms with Gasteiger partial charge in [-0.25, -0.2) is 4.79 Å². The van der Waals surface area contributed by atoms with E-state index in [2.05, 4.69) is 0 Å². The Morgan fingerprint density at radius 2 is 2.16 bits per heavy atom. The van der Waals surface area contributed by atoms with Crippen LogP contribution in [0.1, 0.15) is 25.6 Å². The molecule has 1 aromatic rings. The number of amides is 1. The van der Waals surface area contributed by atoms with Gasteiger partial charge in [0, 0.05) is 11.3 Å². The number of carbonyl (C=O) groups is 1. The SMILES string of the molecule is CC(C)(C)OC(=O)N1CC(O)(Cc2ccc(Cl)s2)C1. The molecular weight excluding hydrogens is 286 g/mol. The van der Waals surface area contributed by atoms with Crippen molar-refractivity contribution < 1.29 is 14.6 Å². The molecule has 0 bridgehead atoms. The Labute approximate surface area is 121 Å². The summed E-state index contributed by atoms with van der Waals surface area (Å²) in [5, 5.41) is 10.3. The van der Waals surface area contributed by atoms with Crippen LogP contribution in [0.3, 0.4) is 0 Å². The van der Waals surface area contributed by atoms with E-state index in [1.54, 1.807) is 0 Å². The number of nitrogens with zero attached hydrogens (tertiary/aromatic N) is 1. The Morgan fingerprint density at radius 1 is 1.53 bits per heavy atom. The second-order valence-corrected chi connectivity index (χ2v) is 7.74. The summed E-state index contributed by atoms with van der Waals surface area (Å²) in [6.45, 7) is 6.08. The molecule has 2 heterocycles. The van der Waals surface area contributed by atoms with Crippen molar-refractivity contribution in [2.75, 3.05) is 13.1 Å². The van der Waals surface area contributed by atoms with E-state index >= 15 is 0 Å². The van der Waals surface area contributed by atoms with Gasteiger partial charge in [0.15, 0.2) is 0 Å². The maximum atomic E-state index is 11.8. The normalized spacial score (nSPS) is 18.1. The van der Waals surface area contributed by atoms with Crippen LogP contribution in [0, 0.1) is 0 Å². The molecule has 1 aliphatic rings. The number of hydrogen-bond donors (Lipinski definition) is 1. The fourth-order valence-corrected chi connectivity index (χ4v) is 3.23. The number of halogens is 1. The zero-order chi connectivity index (χ0) is 14.3. The van der Waals surface area contributed by atoms with Crippen LogP contribution in [0.5, 0.6) is 0 Å². The van der Waals surface area contributed by atoms with E-state index in [1.807, 2.05) is 32.9 Å². The zero-order valence-electron chi connectivity index (χ0n) is 11.3. The Morgan fingerprint density at radius 3 is 2.63 bits per heavy atom. The number of hydrogen-bond acceptors (Lipinski definition) is 4.